The Kier molecular flexibility index (Phi) is 3.65. The van der Waals surface area contributed by atoms with E-state index in [0.29, 0.717) is 18.0 Å². The highest BCUT2D eigenvalue weighted by molar-refractivity contribution is 5.85. The summed E-state index contributed by atoms with van der Waals surface area (Å²) in [4.78, 5) is 6.51. The Labute approximate surface area is 143 Å². The van der Waals surface area contributed by atoms with E-state index in [-0.39, 0.29) is 6.29 Å². The second-order valence-electron chi connectivity index (χ2n) is 7.46. The zero-order valence-corrected chi connectivity index (χ0v) is 14.3. The van der Waals surface area contributed by atoms with Gasteiger partial charge in [-0.25, -0.2) is 0 Å². The molecule has 5 rings (SSSR count). The zero-order valence-electron chi connectivity index (χ0n) is 14.3. The number of ether oxygens (including phenoxy) is 2. The fourth-order valence-corrected chi connectivity index (χ4v) is 5.24. The SMILES string of the molecule is CC[C@H]1C[C@@H](CC2OCCO2)[C@@H]2c3[nH]c4ccccc4c3CCN12. The van der Waals surface area contributed by atoms with Crippen LogP contribution >= 0.6 is 0 Å². The number of aromatic amines is 1. The highest BCUT2D eigenvalue weighted by Gasteiger charge is 2.46. The summed E-state index contributed by atoms with van der Waals surface area (Å²) in [6.45, 7) is 5.01. The first-order valence-electron chi connectivity index (χ1n) is 9.43. The molecule has 4 heteroatoms. The molecule has 3 aliphatic heterocycles. The molecule has 3 atom stereocenters. The van der Waals surface area contributed by atoms with Crippen molar-refractivity contribution in [1.82, 2.24) is 9.88 Å². The molecule has 128 valence electrons. The molecule has 2 saturated heterocycles. The maximum atomic E-state index is 5.76. The van der Waals surface area contributed by atoms with Crippen molar-refractivity contribution in [1.29, 1.82) is 0 Å². The number of fused-ring (bicyclic) bond motifs is 5. The quantitative estimate of drug-likeness (QED) is 0.936. The third-order valence-corrected chi connectivity index (χ3v) is 6.27. The number of aromatic nitrogens is 1. The second kappa shape index (κ2) is 5.87. The fraction of sp³-hybridized carbons (Fsp3) is 0.600. The molecule has 0 saturated carbocycles. The van der Waals surface area contributed by atoms with Crippen LogP contribution in [-0.4, -0.2) is 42.0 Å². The van der Waals surface area contributed by atoms with Gasteiger partial charge >= 0.3 is 0 Å². The summed E-state index contributed by atoms with van der Waals surface area (Å²) >= 11 is 0. The molecule has 4 heterocycles. The standard InChI is InChI=1S/C20H26N2O2/c1-2-14-11-13(12-18-23-9-10-24-18)20-19-16(7-8-22(14)20)15-5-3-4-6-17(15)21-19/h3-6,13-14,18,20-21H,2,7-12H2,1H3/t13-,14-,20+/m0/s1. The predicted molar refractivity (Wildman–Crippen MR) is 93.9 cm³/mol. The van der Waals surface area contributed by atoms with Gasteiger partial charge in [-0.3, -0.25) is 4.90 Å². The van der Waals surface area contributed by atoms with Crippen molar-refractivity contribution >= 4 is 10.9 Å². The van der Waals surface area contributed by atoms with Gasteiger partial charge in [0.2, 0.25) is 0 Å². The third kappa shape index (κ3) is 2.24. The topological polar surface area (TPSA) is 37.5 Å². The molecule has 0 unspecified atom stereocenters. The molecule has 0 bridgehead atoms. The Morgan fingerprint density at radius 1 is 1.21 bits per heavy atom. The monoisotopic (exact) mass is 326 g/mol. The maximum absolute atomic E-state index is 5.76. The number of nitrogens with zero attached hydrogens (tertiary/aromatic N) is 1. The summed E-state index contributed by atoms with van der Waals surface area (Å²) < 4.78 is 11.5. The van der Waals surface area contributed by atoms with Gasteiger partial charge < -0.3 is 14.5 Å². The van der Waals surface area contributed by atoms with Gasteiger partial charge in [-0.15, -0.1) is 0 Å². The average Bonchev–Trinajstić information content (AvgIpc) is 3.31. The maximum Gasteiger partial charge on any atom is 0.158 e. The molecule has 1 aromatic carbocycles. The van der Waals surface area contributed by atoms with Gasteiger partial charge in [0.05, 0.1) is 19.3 Å². The van der Waals surface area contributed by atoms with Crippen molar-refractivity contribution in [3.63, 3.8) is 0 Å². The number of benzene rings is 1. The molecule has 0 spiro atoms. The minimum atomic E-state index is 0.00205. The predicted octanol–water partition coefficient (Wildman–Crippen LogP) is 3.63. The van der Waals surface area contributed by atoms with Crippen molar-refractivity contribution in [2.75, 3.05) is 19.8 Å². The van der Waals surface area contributed by atoms with E-state index in [1.165, 1.54) is 36.0 Å². The van der Waals surface area contributed by atoms with Gasteiger partial charge in [-0.1, -0.05) is 25.1 Å². The van der Waals surface area contributed by atoms with Crippen molar-refractivity contribution in [2.24, 2.45) is 5.92 Å². The van der Waals surface area contributed by atoms with E-state index >= 15 is 0 Å². The lowest BCUT2D eigenvalue weighted by atomic mass is 9.88. The summed E-state index contributed by atoms with van der Waals surface area (Å²) in [5, 5.41) is 1.42. The number of hydrogen-bond acceptors (Lipinski definition) is 3. The van der Waals surface area contributed by atoms with Crippen LogP contribution in [0.1, 0.15) is 43.5 Å². The van der Waals surface area contributed by atoms with Crippen LogP contribution in [0.15, 0.2) is 24.3 Å². The van der Waals surface area contributed by atoms with E-state index in [1.807, 2.05) is 0 Å². The van der Waals surface area contributed by atoms with Crippen LogP contribution in [0, 0.1) is 5.92 Å². The summed E-state index contributed by atoms with van der Waals surface area (Å²) in [6, 6.07) is 9.96. The van der Waals surface area contributed by atoms with Crippen molar-refractivity contribution in [3.8, 4) is 0 Å². The second-order valence-corrected chi connectivity index (χ2v) is 7.46. The molecule has 3 aliphatic rings. The lowest BCUT2D eigenvalue weighted by Gasteiger charge is -2.35. The number of rotatable bonds is 3. The third-order valence-electron chi connectivity index (χ3n) is 6.27. The fourth-order valence-electron chi connectivity index (χ4n) is 5.24. The van der Waals surface area contributed by atoms with E-state index in [1.54, 1.807) is 5.56 Å². The highest BCUT2D eigenvalue weighted by atomic mass is 16.7. The van der Waals surface area contributed by atoms with E-state index in [9.17, 15) is 0 Å². The van der Waals surface area contributed by atoms with Gasteiger partial charge in [-0.05, 0) is 36.8 Å². The molecule has 4 nitrogen and oxygen atoms in total. The van der Waals surface area contributed by atoms with Gasteiger partial charge in [-0.2, -0.15) is 0 Å². The molecule has 2 fully saturated rings. The molecular formula is C20H26N2O2. The van der Waals surface area contributed by atoms with Crippen LogP contribution in [0.3, 0.4) is 0 Å². The zero-order chi connectivity index (χ0) is 16.1. The Balaban J connectivity index is 1.53. The number of H-pyrrole nitrogens is 1. The molecule has 0 radical (unpaired) electrons. The molecule has 0 aliphatic carbocycles. The van der Waals surface area contributed by atoms with Crippen LogP contribution in [0.4, 0.5) is 0 Å². The Morgan fingerprint density at radius 3 is 2.88 bits per heavy atom. The first-order valence-corrected chi connectivity index (χ1v) is 9.43. The van der Waals surface area contributed by atoms with Gasteiger partial charge in [0.25, 0.3) is 0 Å². The molecule has 24 heavy (non-hydrogen) atoms. The largest absolute Gasteiger partial charge is 0.357 e. The van der Waals surface area contributed by atoms with Crippen LogP contribution in [0.2, 0.25) is 0 Å². The molecule has 2 aromatic rings. The van der Waals surface area contributed by atoms with Crippen LogP contribution in [0.5, 0.6) is 0 Å². The Bertz CT molecular complexity index is 734. The molecule has 1 aromatic heterocycles. The highest BCUT2D eigenvalue weighted by Crippen LogP contribution is 2.48. The van der Waals surface area contributed by atoms with Gasteiger partial charge in [0.1, 0.15) is 0 Å². The van der Waals surface area contributed by atoms with Crippen LogP contribution in [-0.2, 0) is 15.9 Å². The Morgan fingerprint density at radius 2 is 2.04 bits per heavy atom. The van der Waals surface area contributed by atoms with E-state index in [0.717, 1.165) is 26.1 Å². The number of para-hydroxylation sites is 1. The Hall–Kier alpha value is -1.36. The van der Waals surface area contributed by atoms with Crippen LogP contribution < -0.4 is 0 Å². The molecular weight excluding hydrogens is 300 g/mol. The van der Waals surface area contributed by atoms with Crippen molar-refractivity contribution in [2.45, 2.75) is 51.0 Å². The lowest BCUT2D eigenvalue weighted by Crippen LogP contribution is -2.37. The first kappa shape index (κ1) is 14.9. The van der Waals surface area contributed by atoms with E-state index in [4.69, 9.17) is 9.47 Å². The minimum absolute atomic E-state index is 0.00205. The van der Waals surface area contributed by atoms with E-state index in [2.05, 4.69) is 41.1 Å². The van der Waals surface area contributed by atoms with Crippen molar-refractivity contribution in [3.05, 3.63) is 35.5 Å². The van der Waals surface area contributed by atoms with Crippen molar-refractivity contribution < 1.29 is 9.47 Å². The van der Waals surface area contributed by atoms with E-state index < -0.39 is 0 Å². The summed E-state index contributed by atoms with van der Waals surface area (Å²) in [5.41, 5.74) is 4.29. The smallest absolute Gasteiger partial charge is 0.158 e. The first-order chi connectivity index (χ1) is 11.8. The number of nitrogens with one attached hydrogen (secondary N) is 1. The minimum Gasteiger partial charge on any atom is -0.357 e. The van der Waals surface area contributed by atoms with Gasteiger partial charge in [0, 0.05) is 35.6 Å². The number of hydrogen-bond donors (Lipinski definition) is 1. The summed E-state index contributed by atoms with van der Waals surface area (Å²) in [5.74, 6) is 0.616. The van der Waals surface area contributed by atoms with Crippen LogP contribution in [0.25, 0.3) is 10.9 Å². The normalized spacial score (nSPS) is 30.8. The molecule has 0 amide bonds. The average molecular weight is 326 g/mol. The van der Waals surface area contributed by atoms with Gasteiger partial charge in [0.15, 0.2) is 6.29 Å². The lowest BCUT2D eigenvalue weighted by molar-refractivity contribution is -0.0600. The molecule has 1 N–H and O–H groups in total. The summed E-state index contributed by atoms with van der Waals surface area (Å²) in [7, 11) is 0. The summed E-state index contributed by atoms with van der Waals surface area (Å²) in [6.07, 6.45) is 4.68.